The molecule has 2 aromatic carbocycles. The number of aromatic nitrogens is 1. The summed E-state index contributed by atoms with van der Waals surface area (Å²) < 4.78 is 8.09. The molecule has 3 rings (SSSR count). The van der Waals surface area contributed by atoms with Crippen LogP contribution in [0.4, 0.5) is 0 Å². The maximum Gasteiger partial charge on any atom is 0.163 e. The summed E-state index contributed by atoms with van der Waals surface area (Å²) in [6, 6.07) is 11.3. The second kappa shape index (κ2) is 13.3. The number of amidine groups is 1. The van der Waals surface area contributed by atoms with Crippen LogP contribution in [0, 0.1) is 26.7 Å². The average molecular weight is 530 g/mol. The molecule has 1 unspecified atom stereocenters. The van der Waals surface area contributed by atoms with E-state index in [-0.39, 0.29) is 11.5 Å². The number of aliphatic imine (C=N–C) groups is 2. The van der Waals surface area contributed by atoms with Crippen molar-refractivity contribution in [3.05, 3.63) is 82.7 Å². The highest BCUT2D eigenvalue weighted by molar-refractivity contribution is 6.13. The Kier molecular flexibility index (Phi) is 10.2. The van der Waals surface area contributed by atoms with Gasteiger partial charge in [-0.05, 0) is 81.5 Å². The maximum atomic E-state index is 11.1. The molecule has 0 saturated carbocycles. The number of phenolic OH excluding ortho intramolecular Hbond substituents is 2. The van der Waals surface area contributed by atoms with Crippen molar-refractivity contribution in [1.29, 1.82) is 0 Å². The number of rotatable bonds is 11. The summed E-state index contributed by atoms with van der Waals surface area (Å²) >= 11 is 0. The zero-order valence-corrected chi connectivity index (χ0v) is 24.5. The highest BCUT2D eigenvalue weighted by atomic mass is 16.5. The first-order chi connectivity index (χ1) is 18.6. The Morgan fingerprint density at radius 2 is 1.67 bits per heavy atom. The third-order valence-corrected chi connectivity index (χ3v) is 7.48. The lowest BCUT2D eigenvalue weighted by Gasteiger charge is -2.18. The monoisotopic (exact) mass is 529 g/mol. The molecule has 2 N–H and O–H groups in total. The summed E-state index contributed by atoms with van der Waals surface area (Å²) in [5, 5.41) is 22.1. The van der Waals surface area contributed by atoms with Gasteiger partial charge in [0.2, 0.25) is 0 Å². The average Bonchev–Trinajstić information content (AvgIpc) is 3.35. The highest BCUT2D eigenvalue weighted by Crippen LogP contribution is 2.36. The van der Waals surface area contributed by atoms with Crippen LogP contribution in [0.15, 0.2) is 59.2 Å². The fourth-order valence-electron chi connectivity index (χ4n) is 4.54. The molecule has 208 valence electrons. The minimum atomic E-state index is 0.0784. The third-order valence-electron chi connectivity index (χ3n) is 7.48. The topological polar surface area (TPSA) is 79.3 Å². The minimum absolute atomic E-state index is 0.0784. The predicted octanol–water partition coefficient (Wildman–Crippen LogP) is 7.88. The molecule has 3 aromatic rings. The van der Waals surface area contributed by atoms with Crippen molar-refractivity contribution in [3.8, 4) is 17.2 Å². The van der Waals surface area contributed by atoms with E-state index < -0.39 is 0 Å². The zero-order valence-electron chi connectivity index (χ0n) is 24.5. The van der Waals surface area contributed by atoms with Crippen molar-refractivity contribution < 1.29 is 14.9 Å². The van der Waals surface area contributed by atoms with Crippen LogP contribution in [-0.4, -0.2) is 32.9 Å². The second-order valence-corrected chi connectivity index (χ2v) is 10.3. The standard InChI is InChI=1S/C33H43N3O3/c1-9-11-13-26(10-2)20-39-30-18-17-27(32(38)23(30)5)24(6)34-33(28-16-15-21(3)22(4)31(28)37)35-25(7)29-14-12-19-36(29)8/h12,14-19,26,37-38H,6,9-11,13,20H2,1-5,7-8H3. The van der Waals surface area contributed by atoms with Crippen molar-refractivity contribution in [3.63, 3.8) is 0 Å². The largest absolute Gasteiger partial charge is 0.507 e. The van der Waals surface area contributed by atoms with E-state index >= 15 is 0 Å². The number of ether oxygens (including phenoxy) is 1. The first-order valence-electron chi connectivity index (χ1n) is 13.8. The van der Waals surface area contributed by atoms with Crippen LogP contribution in [0.3, 0.4) is 0 Å². The molecule has 1 heterocycles. The Hall–Kier alpha value is -3.80. The van der Waals surface area contributed by atoms with Gasteiger partial charge in [-0.1, -0.05) is 45.8 Å². The molecule has 0 aliphatic carbocycles. The Labute approximate surface area is 233 Å². The highest BCUT2D eigenvalue weighted by Gasteiger charge is 2.18. The SMILES string of the molecule is C=C(N=C(N=C(C)c1cccn1C)c1ccc(C)c(C)c1O)c1ccc(OCC(CC)CCCC)c(C)c1O. The van der Waals surface area contributed by atoms with Gasteiger partial charge in [-0.2, -0.15) is 0 Å². The summed E-state index contributed by atoms with van der Waals surface area (Å²) in [4.78, 5) is 9.56. The number of nitrogens with zero attached hydrogens (tertiary/aromatic N) is 3. The molecule has 0 amide bonds. The number of hydrogen-bond donors (Lipinski definition) is 2. The van der Waals surface area contributed by atoms with Gasteiger partial charge in [0.1, 0.15) is 17.2 Å². The van der Waals surface area contributed by atoms with E-state index in [1.165, 1.54) is 12.8 Å². The predicted molar refractivity (Wildman–Crippen MR) is 162 cm³/mol. The normalized spacial score (nSPS) is 13.0. The molecule has 6 nitrogen and oxygen atoms in total. The van der Waals surface area contributed by atoms with Gasteiger partial charge in [0, 0.05) is 24.4 Å². The molecule has 0 radical (unpaired) electrons. The van der Waals surface area contributed by atoms with Crippen molar-refractivity contribution in [1.82, 2.24) is 4.57 Å². The summed E-state index contributed by atoms with van der Waals surface area (Å²) in [6.07, 6.45) is 6.51. The molecule has 1 aromatic heterocycles. The van der Waals surface area contributed by atoms with Gasteiger partial charge in [-0.15, -0.1) is 0 Å². The number of phenols is 2. The van der Waals surface area contributed by atoms with Gasteiger partial charge >= 0.3 is 0 Å². The zero-order chi connectivity index (χ0) is 28.7. The van der Waals surface area contributed by atoms with E-state index in [1.807, 2.05) is 75.8 Å². The van der Waals surface area contributed by atoms with Crippen LogP contribution in [0.5, 0.6) is 17.2 Å². The molecule has 0 fully saturated rings. The molecule has 0 spiro atoms. The van der Waals surface area contributed by atoms with Gasteiger partial charge in [0.15, 0.2) is 5.84 Å². The molecule has 6 heteroatoms. The van der Waals surface area contributed by atoms with Gasteiger partial charge in [0.05, 0.1) is 29.3 Å². The van der Waals surface area contributed by atoms with Crippen LogP contribution in [-0.2, 0) is 7.05 Å². The molecule has 1 atom stereocenters. The summed E-state index contributed by atoms with van der Waals surface area (Å²) in [5.74, 6) is 1.67. The number of aryl methyl sites for hydroxylation is 2. The van der Waals surface area contributed by atoms with E-state index in [4.69, 9.17) is 14.7 Å². The second-order valence-electron chi connectivity index (χ2n) is 10.3. The molecule has 0 aliphatic heterocycles. The van der Waals surface area contributed by atoms with E-state index in [9.17, 15) is 10.2 Å². The van der Waals surface area contributed by atoms with Crippen LogP contribution in [0.25, 0.3) is 5.70 Å². The Bertz CT molecular complexity index is 1380. The first-order valence-corrected chi connectivity index (χ1v) is 13.8. The van der Waals surface area contributed by atoms with Crippen LogP contribution < -0.4 is 4.74 Å². The maximum absolute atomic E-state index is 11.1. The fourth-order valence-corrected chi connectivity index (χ4v) is 4.54. The Morgan fingerprint density at radius 1 is 0.974 bits per heavy atom. The molecule has 0 saturated heterocycles. The van der Waals surface area contributed by atoms with E-state index in [0.717, 1.165) is 35.4 Å². The number of hydrogen-bond acceptors (Lipinski definition) is 4. The van der Waals surface area contributed by atoms with Crippen molar-refractivity contribution in [2.45, 2.75) is 67.2 Å². The van der Waals surface area contributed by atoms with Crippen LogP contribution in [0.1, 0.15) is 80.0 Å². The minimum Gasteiger partial charge on any atom is -0.507 e. The number of unbranched alkanes of at least 4 members (excludes halogenated alkanes) is 1. The lowest BCUT2D eigenvalue weighted by Crippen LogP contribution is -2.12. The van der Waals surface area contributed by atoms with Crippen LogP contribution in [0.2, 0.25) is 0 Å². The van der Waals surface area contributed by atoms with Crippen molar-refractivity contribution >= 4 is 17.2 Å². The third kappa shape index (κ3) is 6.99. The lowest BCUT2D eigenvalue weighted by molar-refractivity contribution is 0.231. The number of benzene rings is 2. The molecule has 39 heavy (non-hydrogen) atoms. The van der Waals surface area contributed by atoms with E-state index in [0.29, 0.717) is 46.5 Å². The summed E-state index contributed by atoms with van der Waals surface area (Å²) in [7, 11) is 1.95. The summed E-state index contributed by atoms with van der Waals surface area (Å²) in [5.41, 5.74) is 5.39. The van der Waals surface area contributed by atoms with E-state index in [1.54, 1.807) is 6.07 Å². The van der Waals surface area contributed by atoms with Gasteiger partial charge in [-0.25, -0.2) is 9.98 Å². The Morgan fingerprint density at radius 3 is 2.31 bits per heavy atom. The smallest absolute Gasteiger partial charge is 0.163 e. The lowest BCUT2D eigenvalue weighted by atomic mass is 10.0. The number of aromatic hydroxyl groups is 2. The van der Waals surface area contributed by atoms with Gasteiger partial charge < -0.3 is 19.5 Å². The Balaban J connectivity index is 1.99. The van der Waals surface area contributed by atoms with Crippen molar-refractivity contribution in [2.75, 3.05) is 6.61 Å². The summed E-state index contributed by atoms with van der Waals surface area (Å²) in [6.45, 7) is 16.7. The first kappa shape index (κ1) is 29.8. The van der Waals surface area contributed by atoms with E-state index in [2.05, 4.69) is 20.4 Å². The molecular weight excluding hydrogens is 486 g/mol. The van der Waals surface area contributed by atoms with Crippen LogP contribution >= 0.6 is 0 Å². The quantitative estimate of drug-likeness (QED) is 0.196. The molecular formula is C33H43N3O3. The fraction of sp³-hybridized carbons (Fsp3) is 0.394. The van der Waals surface area contributed by atoms with Crippen molar-refractivity contribution in [2.24, 2.45) is 23.0 Å². The van der Waals surface area contributed by atoms with Gasteiger partial charge in [0.25, 0.3) is 0 Å². The van der Waals surface area contributed by atoms with Gasteiger partial charge in [-0.3, -0.25) is 0 Å². The molecule has 0 bridgehead atoms. The molecule has 0 aliphatic rings.